The van der Waals surface area contributed by atoms with Gasteiger partial charge in [-0.15, -0.1) is 0 Å². The molecular formula is C13H18N4OS. The topological polar surface area (TPSA) is 77.8 Å². The van der Waals surface area contributed by atoms with Crippen LogP contribution >= 0.6 is 11.8 Å². The molecule has 0 fully saturated rings. The van der Waals surface area contributed by atoms with Crippen LogP contribution in [-0.2, 0) is 11.2 Å². The predicted molar refractivity (Wildman–Crippen MR) is 75.9 cm³/mol. The number of nitrogens with two attached hydrogens (primary N) is 1. The molecule has 0 aliphatic rings. The lowest BCUT2D eigenvalue weighted by Gasteiger charge is -2.12. The molecule has 0 atom stereocenters. The van der Waals surface area contributed by atoms with Crippen molar-refractivity contribution in [3.8, 4) is 0 Å². The van der Waals surface area contributed by atoms with Gasteiger partial charge in [-0.25, -0.2) is 15.0 Å². The van der Waals surface area contributed by atoms with Crippen molar-refractivity contribution >= 4 is 17.6 Å². The van der Waals surface area contributed by atoms with Crippen molar-refractivity contribution in [1.29, 1.82) is 0 Å². The molecule has 0 aliphatic heterocycles. The maximum absolute atomic E-state index is 5.71. The second-order valence-corrected chi connectivity index (χ2v) is 6.32. The summed E-state index contributed by atoms with van der Waals surface area (Å²) in [6.07, 6.45) is 1.78. The molecule has 0 aliphatic carbocycles. The van der Waals surface area contributed by atoms with Gasteiger partial charge in [-0.1, -0.05) is 32.5 Å². The maximum Gasteiger partial charge on any atom is 0.204 e. The molecule has 19 heavy (non-hydrogen) atoms. The van der Waals surface area contributed by atoms with E-state index in [2.05, 4.69) is 35.7 Å². The molecule has 0 spiro atoms. The van der Waals surface area contributed by atoms with Crippen molar-refractivity contribution in [2.75, 3.05) is 5.73 Å². The summed E-state index contributed by atoms with van der Waals surface area (Å²) >= 11 is 1.47. The van der Waals surface area contributed by atoms with Gasteiger partial charge in [0.15, 0.2) is 5.16 Å². The van der Waals surface area contributed by atoms with Crippen molar-refractivity contribution in [3.05, 3.63) is 29.6 Å². The average Bonchev–Trinajstić information content (AvgIpc) is 2.73. The summed E-state index contributed by atoms with van der Waals surface area (Å²) in [5.41, 5.74) is 6.52. The van der Waals surface area contributed by atoms with E-state index in [-0.39, 0.29) is 5.41 Å². The molecule has 0 aromatic carbocycles. The molecule has 0 saturated carbocycles. The van der Waals surface area contributed by atoms with Gasteiger partial charge in [-0.3, -0.25) is 0 Å². The minimum atomic E-state index is -0.0276. The summed E-state index contributed by atoms with van der Waals surface area (Å²) in [6, 6.07) is 1.74. The first kappa shape index (κ1) is 13.9. The summed E-state index contributed by atoms with van der Waals surface area (Å²) in [4.78, 5) is 12.7. The van der Waals surface area contributed by atoms with Gasteiger partial charge in [-0.2, -0.15) is 0 Å². The number of anilines is 1. The highest BCUT2D eigenvalue weighted by atomic mass is 32.2. The van der Waals surface area contributed by atoms with Crippen LogP contribution < -0.4 is 5.73 Å². The molecule has 5 nitrogen and oxygen atoms in total. The van der Waals surface area contributed by atoms with Crippen molar-refractivity contribution < 1.29 is 4.42 Å². The molecule has 0 saturated heterocycles. The zero-order valence-corrected chi connectivity index (χ0v) is 12.4. The van der Waals surface area contributed by atoms with E-state index in [1.807, 2.05) is 6.92 Å². The van der Waals surface area contributed by atoms with Gasteiger partial charge in [0.2, 0.25) is 5.89 Å². The number of hydrogen-bond donors (Lipinski definition) is 1. The van der Waals surface area contributed by atoms with Gasteiger partial charge in [0.25, 0.3) is 0 Å². The quantitative estimate of drug-likeness (QED) is 0.687. The summed E-state index contributed by atoms with van der Waals surface area (Å²) in [5, 5.41) is 0.646. The van der Waals surface area contributed by atoms with Crippen LogP contribution in [0.3, 0.4) is 0 Å². The third-order valence-electron chi connectivity index (χ3n) is 2.47. The fourth-order valence-corrected chi connectivity index (χ4v) is 2.24. The first-order chi connectivity index (χ1) is 8.84. The monoisotopic (exact) mass is 278 g/mol. The molecule has 2 rings (SSSR count). The molecule has 0 amide bonds. The molecular weight excluding hydrogens is 260 g/mol. The Bertz CT molecular complexity index is 554. The lowest BCUT2D eigenvalue weighted by Crippen LogP contribution is -2.09. The van der Waals surface area contributed by atoms with Gasteiger partial charge < -0.3 is 10.2 Å². The zero-order chi connectivity index (χ0) is 14.0. The molecule has 0 bridgehead atoms. The van der Waals surface area contributed by atoms with Crippen molar-refractivity contribution in [2.24, 2.45) is 0 Å². The Morgan fingerprint density at radius 1 is 1.32 bits per heavy atom. The number of nitrogen functional groups attached to an aromatic ring is 1. The molecule has 102 valence electrons. The van der Waals surface area contributed by atoms with Crippen LogP contribution in [0, 0.1) is 6.92 Å². The van der Waals surface area contributed by atoms with Crippen LogP contribution in [0.25, 0.3) is 0 Å². The highest BCUT2D eigenvalue weighted by Crippen LogP contribution is 2.25. The Kier molecular flexibility index (Phi) is 3.80. The van der Waals surface area contributed by atoms with Crippen molar-refractivity contribution in [2.45, 2.75) is 44.0 Å². The maximum atomic E-state index is 5.71. The first-order valence-corrected chi connectivity index (χ1v) is 7.02. The highest BCUT2D eigenvalue weighted by molar-refractivity contribution is 7.98. The second kappa shape index (κ2) is 5.21. The van der Waals surface area contributed by atoms with E-state index in [4.69, 9.17) is 10.2 Å². The number of aromatic nitrogens is 3. The van der Waals surface area contributed by atoms with Crippen LogP contribution in [0.1, 0.15) is 38.1 Å². The summed E-state index contributed by atoms with van der Waals surface area (Å²) in [5.74, 6) is 2.64. The van der Waals surface area contributed by atoms with Gasteiger partial charge in [0.05, 0.1) is 11.9 Å². The molecule has 2 heterocycles. The summed E-state index contributed by atoms with van der Waals surface area (Å²) in [7, 11) is 0. The van der Waals surface area contributed by atoms with E-state index < -0.39 is 0 Å². The lowest BCUT2D eigenvalue weighted by molar-refractivity contribution is 0.390. The first-order valence-electron chi connectivity index (χ1n) is 6.04. The number of rotatable bonds is 3. The summed E-state index contributed by atoms with van der Waals surface area (Å²) < 4.78 is 5.71. The molecule has 6 heteroatoms. The Morgan fingerprint density at radius 2 is 2.05 bits per heavy atom. The van der Waals surface area contributed by atoms with Crippen LogP contribution in [0.15, 0.2) is 21.8 Å². The van der Waals surface area contributed by atoms with Gasteiger partial charge in [0.1, 0.15) is 11.6 Å². The minimum Gasteiger partial charge on any atom is -0.444 e. The fraction of sp³-hybridized carbons (Fsp3) is 0.462. The second-order valence-electron chi connectivity index (χ2n) is 5.37. The Morgan fingerprint density at radius 3 is 2.63 bits per heavy atom. The average molecular weight is 278 g/mol. The number of hydrogen-bond acceptors (Lipinski definition) is 6. The Labute approximate surface area is 117 Å². The number of aryl methyl sites for hydroxylation is 1. The Balaban J connectivity index is 2.04. The fourth-order valence-electron chi connectivity index (χ4n) is 1.48. The van der Waals surface area contributed by atoms with Gasteiger partial charge in [0, 0.05) is 17.2 Å². The van der Waals surface area contributed by atoms with Gasteiger partial charge >= 0.3 is 0 Å². The van der Waals surface area contributed by atoms with E-state index in [1.165, 1.54) is 11.8 Å². The summed E-state index contributed by atoms with van der Waals surface area (Å²) in [6.45, 7) is 8.17. The Hall–Kier alpha value is -1.56. The molecule has 2 N–H and O–H groups in total. The SMILES string of the molecule is Cc1cc(N)nc(SCc2ncc(C(C)(C)C)o2)n1. The number of oxazole rings is 1. The highest BCUT2D eigenvalue weighted by Gasteiger charge is 2.19. The third-order valence-corrected chi connectivity index (χ3v) is 3.30. The number of thioether (sulfide) groups is 1. The molecule has 0 unspecified atom stereocenters. The minimum absolute atomic E-state index is 0.0276. The van der Waals surface area contributed by atoms with E-state index in [0.717, 1.165) is 11.5 Å². The standard InChI is InChI=1S/C13H18N4OS/c1-8-5-10(14)17-12(16-8)19-7-11-15-6-9(18-11)13(2,3)4/h5-6H,7H2,1-4H3,(H2,14,16,17). The zero-order valence-electron chi connectivity index (χ0n) is 11.6. The molecule has 2 aromatic heterocycles. The van der Waals surface area contributed by atoms with Crippen LogP contribution in [0.5, 0.6) is 0 Å². The van der Waals surface area contributed by atoms with Crippen molar-refractivity contribution in [3.63, 3.8) is 0 Å². The van der Waals surface area contributed by atoms with Crippen LogP contribution in [0.4, 0.5) is 5.82 Å². The normalized spacial score (nSPS) is 11.8. The molecule has 0 radical (unpaired) electrons. The van der Waals surface area contributed by atoms with Crippen LogP contribution in [-0.4, -0.2) is 15.0 Å². The van der Waals surface area contributed by atoms with E-state index in [0.29, 0.717) is 22.6 Å². The lowest BCUT2D eigenvalue weighted by atomic mass is 9.94. The predicted octanol–water partition coefficient (Wildman–Crippen LogP) is 2.95. The third kappa shape index (κ3) is 3.70. The van der Waals surface area contributed by atoms with E-state index in [9.17, 15) is 0 Å². The number of nitrogens with zero attached hydrogens (tertiary/aromatic N) is 3. The smallest absolute Gasteiger partial charge is 0.204 e. The largest absolute Gasteiger partial charge is 0.444 e. The van der Waals surface area contributed by atoms with Crippen molar-refractivity contribution in [1.82, 2.24) is 15.0 Å². The van der Waals surface area contributed by atoms with E-state index in [1.54, 1.807) is 12.3 Å². The van der Waals surface area contributed by atoms with E-state index >= 15 is 0 Å². The van der Waals surface area contributed by atoms with Gasteiger partial charge in [-0.05, 0) is 6.92 Å². The van der Waals surface area contributed by atoms with Crippen LogP contribution in [0.2, 0.25) is 0 Å². The molecule has 2 aromatic rings.